The summed E-state index contributed by atoms with van der Waals surface area (Å²) < 4.78 is 11.4. The van der Waals surface area contributed by atoms with Crippen LogP contribution in [-0.2, 0) is 20.9 Å². The molecule has 45 heavy (non-hydrogen) atoms. The van der Waals surface area contributed by atoms with Gasteiger partial charge < -0.3 is 24.6 Å². The minimum Gasteiger partial charge on any atom is -0.494 e. The molecule has 0 saturated carbocycles. The largest absolute Gasteiger partial charge is 0.494 e. The Balaban J connectivity index is 1.02. The molecule has 3 aliphatic heterocycles. The summed E-state index contributed by atoms with van der Waals surface area (Å²) >= 11 is 0. The van der Waals surface area contributed by atoms with Crippen molar-refractivity contribution in [2.24, 2.45) is 0 Å². The molecule has 2 aromatic carbocycles. The average molecular weight is 620 g/mol. The third-order valence-electron chi connectivity index (χ3n) is 8.47. The number of imide groups is 1. The van der Waals surface area contributed by atoms with Crippen molar-refractivity contribution in [1.82, 2.24) is 20.4 Å². The zero-order valence-corrected chi connectivity index (χ0v) is 26.8. The van der Waals surface area contributed by atoms with Gasteiger partial charge in [-0.15, -0.1) is 0 Å². The van der Waals surface area contributed by atoms with Gasteiger partial charge in [-0.3, -0.25) is 24.6 Å². The molecular weight excluding hydrogens is 574 g/mol. The fourth-order valence-electron chi connectivity index (χ4n) is 6.06. The molecule has 2 atom stereocenters. The lowest BCUT2D eigenvalue weighted by atomic mass is 10.0. The number of hydrogen-bond donors (Lipinski definition) is 2. The number of anilines is 1. The molecule has 3 heterocycles. The minimum absolute atomic E-state index is 0.141. The number of amides is 4. The lowest BCUT2D eigenvalue weighted by molar-refractivity contribution is -0.136. The number of fused-ring (bicyclic) bond motifs is 1. The van der Waals surface area contributed by atoms with Crippen molar-refractivity contribution in [1.29, 1.82) is 0 Å². The molecule has 0 aromatic heterocycles. The van der Waals surface area contributed by atoms with Gasteiger partial charge in [-0.25, -0.2) is 4.79 Å². The van der Waals surface area contributed by atoms with Crippen LogP contribution in [-0.4, -0.2) is 84.6 Å². The molecule has 0 radical (unpaired) electrons. The van der Waals surface area contributed by atoms with Crippen molar-refractivity contribution >= 4 is 29.5 Å². The fourth-order valence-corrected chi connectivity index (χ4v) is 6.06. The third-order valence-corrected chi connectivity index (χ3v) is 8.47. The Morgan fingerprint density at radius 1 is 1.04 bits per heavy atom. The molecular formula is C34H45N5O6. The number of rotatable bonds is 10. The highest BCUT2D eigenvalue weighted by Crippen LogP contribution is 2.31. The van der Waals surface area contributed by atoms with Crippen LogP contribution >= 0.6 is 0 Å². The molecule has 5 rings (SSSR count). The van der Waals surface area contributed by atoms with Gasteiger partial charge in [0.1, 0.15) is 17.4 Å². The van der Waals surface area contributed by atoms with Crippen LogP contribution < -0.4 is 20.3 Å². The van der Waals surface area contributed by atoms with Gasteiger partial charge in [0.05, 0.1) is 12.6 Å². The zero-order chi connectivity index (χ0) is 32.1. The van der Waals surface area contributed by atoms with E-state index in [1.807, 2.05) is 64.1 Å². The first-order valence-corrected chi connectivity index (χ1v) is 15.9. The Kier molecular flexibility index (Phi) is 9.96. The number of ether oxygens (including phenoxy) is 2. The highest BCUT2D eigenvalue weighted by molar-refractivity contribution is 6.05. The highest BCUT2D eigenvalue weighted by atomic mass is 16.6. The fraction of sp³-hybridized carbons (Fsp3) is 0.529. The SMILES string of the molecule is C[C@@H](NC(=O)OC(C)(C)C)c1cccc(OCCCCN2CCN(c3ccc4c(c3)CN(C3CCC(=O)NC3=O)C4=O)CC2)c1. The maximum atomic E-state index is 13.0. The lowest BCUT2D eigenvalue weighted by Gasteiger charge is -2.36. The first kappa shape index (κ1) is 32.3. The highest BCUT2D eigenvalue weighted by Gasteiger charge is 2.39. The molecule has 2 saturated heterocycles. The summed E-state index contributed by atoms with van der Waals surface area (Å²) in [6.45, 7) is 13.2. The Bertz CT molecular complexity index is 1410. The van der Waals surface area contributed by atoms with E-state index in [-0.39, 0.29) is 30.2 Å². The predicted octanol–water partition coefficient (Wildman–Crippen LogP) is 4.01. The van der Waals surface area contributed by atoms with Crippen LogP contribution in [0.25, 0.3) is 0 Å². The number of carbonyl (C=O) groups excluding carboxylic acids is 4. The van der Waals surface area contributed by atoms with Gasteiger partial charge in [0, 0.05) is 50.4 Å². The molecule has 242 valence electrons. The number of hydrogen-bond acceptors (Lipinski definition) is 8. The van der Waals surface area contributed by atoms with Gasteiger partial charge in [0.15, 0.2) is 0 Å². The summed E-state index contributed by atoms with van der Waals surface area (Å²) in [4.78, 5) is 55.4. The van der Waals surface area contributed by atoms with E-state index in [2.05, 4.69) is 26.5 Å². The van der Waals surface area contributed by atoms with Crippen LogP contribution in [0, 0.1) is 0 Å². The number of piperidine rings is 1. The van der Waals surface area contributed by atoms with Crippen LogP contribution in [0.2, 0.25) is 0 Å². The first-order valence-electron chi connectivity index (χ1n) is 15.9. The number of unbranched alkanes of at least 4 members (excludes halogenated alkanes) is 1. The molecule has 3 aliphatic rings. The maximum absolute atomic E-state index is 13.0. The number of nitrogens with zero attached hydrogens (tertiary/aromatic N) is 3. The van der Waals surface area contributed by atoms with Gasteiger partial charge in [0.2, 0.25) is 11.8 Å². The van der Waals surface area contributed by atoms with Crippen molar-refractivity contribution < 1.29 is 28.7 Å². The molecule has 0 bridgehead atoms. The van der Waals surface area contributed by atoms with Crippen molar-refractivity contribution in [3.05, 3.63) is 59.2 Å². The molecule has 11 heteroatoms. The molecule has 1 unspecified atom stereocenters. The van der Waals surface area contributed by atoms with Crippen molar-refractivity contribution in [2.45, 2.75) is 77.6 Å². The number of carbonyl (C=O) groups is 4. The minimum atomic E-state index is -0.595. The van der Waals surface area contributed by atoms with Crippen LogP contribution in [0.5, 0.6) is 5.75 Å². The van der Waals surface area contributed by atoms with E-state index < -0.39 is 17.7 Å². The van der Waals surface area contributed by atoms with Crippen molar-refractivity contribution in [3.8, 4) is 5.75 Å². The maximum Gasteiger partial charge on any atom is 0.408 e. The standard InChI is InChI=1S/C34H45N5O6/c1-23(35-33(43)45-34(2,3)4)24-8-7-9-27(21-24)44-19-6-5-14-37-15-17-38(18-16-37)26-10-11-28-25(20-26)22-39(32(28)42)29-12-13-30(40)36-31(29)41/h7-11,20-21,23,29H,5-6,12-19,22H2,1-4H3,(H,35,43)(H,36,40,41)/t23-,29?/m1/s1. The van der Waals surface area contributed by atoms with E-state index in [1.165, 1.54) is 0 Å². The Labute approximate surface area is 265 Å². The molecule has 4 amide bonds. The third kappa shape index (κ3) is 8.33. The Morgan fingerprint density at radius 2 is 1.82 bits per heavy atom. The second-order valence-corrected chi connectivity index (χ2v) is 13.1. The van der Waals surface area contributed by atoms with Crippen LogP contribution in [0.15, 0.2) is 42.5 Å². The van der Waals surface area contributed by atoms with Crippen LogP contribution in [0.1, 0.15) is 80.9 Å². The quantitative estimate of drug-likeness (QED) is 0.302. The van der Waals surface area contributed by atoms with Crippen molar-refractivity contribution in [2.75, 3.05) is 44.2 Å². The zero-order valence-electron chi connectivity index (χ0n) is 26.8. The van der Waals surface area contributed by atoms with E-state index in [4.69, 9.17) is 9.47 Å². The number of alkyl carbamates (subject to hydrolysis) is 1. The van der Waals surface area contributed by atoms with Gasteiger partial charge >= 0.3 is 6.09 Å². The average Bonchev–Trinajstić information content (AvgIpc) is 3.31. The molecule has 2 N–H and O–H groups in total. The van der Waals surface area contributed by atoms with E-state index >= 15 is 0 Å². The summed E-state index contributed by atoms with van der Waals surface area (Å²) in [5, 5.41) is 5.23. The second-order valence-electron chi connectivity index (χ2n) is 13.1. The van der Waals surface area contributed by atoms with E-state index in [1.54, 1.807) is 4.90 Å². The Hall–Kier alpha value is -4.12. The monoisotopic (exact) mass is 619 g/mol. The summed E-state index contributed by atoms with van der Waals surface area (Å²) in [5.41, 5.74) is 3.08. The van der Waals surface area contributed by atoms with Crippen LogP contribution in [0.4, 0.5) is 10.5 Å². The molecule has 0 spiro atoms. The van der Waals surface area contributed by atoms with Gasteiger partial charge in [-0.2, -0.15) is 0 Å². The molecule has 2 aromatic rings. The summed E-state index contributed by atoms with van der Waals surface area (Å²) in [5.74, 6) is -0.0188. The first-order chi connectivity index (χ1) is 21.5. The lowest BCUT2D eigenvalue weighted by Crippen LogP contribution is -2.52. The number of piperazine rings is 1. The molecule has 0 aliphatic carbocycles. The Morgan fingerprint density at radius 3 is 2.56 bits per heavy atom. The van der Waals surface area contributed by atoms with E-state index in [9.17, 15) is 19.2 Å². The number of benzene rings is 2. The van der Waals surface area contributed by atoms with E-state index in [0.717, 1.165) is 68.1 Å². The smallest absolute Gasteiger partial charge is 0.408 e. The van der Waals surface area contributed by atoms with Crippen molar-refractivity contribution in [3.63, 3.8) is 0 Å². The van der Waals surface area contributed by atoms with E-state index in [0.29, 0.717) is 25.1 Å². The van der Waals surface area contributed by atoms with Gasteiger partial charge in [-0.05, 0) is 95.0 Å². The summed E-state index contributed by atoms with van der Waals surface area (Å²) in [6, 6.07) is 13.0. The van der Waals surface area contributed by atoms with Gasteiger partial charge in [-0.1, -0.05) is 12.1 Å². The molecule has 11 nitrogen and oxygen atoms in total. The predicted molar refractivity (Wildman–Crippen MR) is 170 cm³/mol. The molecule has 2 fully saturated rings. The topological polar surface area (TPSA) is 121 Å². The normalized spacial score (nSPS) is 19.6. The second kappa shape index (κ2) is 13.9. The summed E-state index contributed by atoms with van der Waals surface area (Å²) in [7, 11) is 0. The summed E-state index contributed by atoms with van der Waals surface area (Å²) in [6.07, 6.45) is 2.16. The van der Waals surface area contributed by atoms with Gasteiger partial charge in [0.25, 0.3) is 5.91 Å². The van der Waals surface area contributed by atoms with Crippen LogP contribution in [0.3, 0.4) is 0 Å². The number of nitrogens with one attached hydrogen (secondary N) is 2.